The summed E-state index contributed by atoms with van der Waals surface area (Å²) in [6, 6.07) is -0.380. The van der Waals surface area contributed by atoms with E-state index in [1.165, 1.54) is 13.3 Å². The largest absolute Gasteiger partial charge is 0.480 e. The molecule has 1 rings (SSSR count). The van der Waals surface area contributed by atoms with E-state index in [0.29, 0.717) is 0 Å². The topological polar surface area (TPSA) is 95.7 Å². The first-order valence-corrected chi connectivity index (χ1v) is 6.38. The van der Waals surface area contributed by atoms with E-state index in [2.05, 4.69) is 5.32 Å². The molecule has 0 unspecified atom stereocenters. The van der Waals surface area contributed by atoms with Crippen LogP contribution in [0.1, 0.15) is 40.0 Å². The zero-order valence-electron chi connectivity index (χ0n) is 11.5. The van der Waals surface area contributed by atoms with Crippen LogP contribution in [0.3, 0.4) is 0 Å². The minimum atomic E-state index is -0.963. The second-order valence-electron chi connectivity index (χ2n) is 4.78. The van der Waals surface area contributed by atoms with E-state index < -0.39 is 12.0 Å². The Hall–Kier alpha value is -1.30. The van der Waals surface area contributed by atoms with Crippen molar-refractivity contribution >= 4 is 12.0 Å². The second-order valence-corrected chi connectivity index (χ2v) is 4.78. The molecule has 1 heterocycles. The van der Waals surface area contributed by atoms with Crippen molar-refractivity contribution in [1.29, 1.82) is 0 Å². The highest BCUT2D eigenvalue weighted by Crippen LogP contribution is 2.08. The van der Waals surface area contributed by atoms with E-state index in [1.54, 1.807) is 0 Å². The Morgan fingerprint density at radius 3 is 1.94 bits per heavy atom. The van der Waals surface area contributed by atoms with Gasteiger partial charge in [0.2, 0.25) is 0 Å². The molecule has 6 nitrogen and oxygen atoms in total. The van der Waals surface area contributed by atoms with Gasteiger partial charge in [-0.1, -0.05) is 0 Å². The molecule has 0 aromatic rings. The molecular weight excluding hydrogens is 234 g/mol. The molecule has 0 aromatic carbocycles. The summed E-state index contributed by atoms with van der Waals surface area (Å²) >= 11 is 0. The van der Waals surface area contributed by atoms with Gasteiger partial charge >= 0.3 is 12.0 Å². The molecule has 0 bridgehead atoms. The summed E-state index contributed by atoms with van der Waals surface area (Å²) in [6.07, 6.45) is 3.59. The van der Waals surface area contributed by atoms with Crippen molar-refractivity contribution in [1.82, 2.24) is 10.2 Å². The molecule has 2 amide bonds. The number of nitrogens with two attached hydrogens (primary N) is 1. The second kappa shape index (κ2) is 8.74. The van der Waals surface area contributed by atoms with Gasteiger partial charge in [-0.15, -0.1) is 0 Å². The Kier molecular flexibility index (Phi) is 8.11. The van der Waals surface area contributed by atoms with Crippen LogP contribution < -0.4 is 11.1 Å². The molecule has 0 aliphatic carbocycles. The maximum atomic E-state index is 11.4. The first-order chi connectivity index (χ1) is 8.34. The fourth-order valence-electron chi connectivity index (χ4n) is 1.44. The Labute approximate surface area is 109 Å². The summed E-state index contributed by atoms with van der Waals surface area (Å²) in [7, 11) is 0. The van der Waals surface area contributed by atoms with Gasteiger partial charge in [-0.3, -0.25) is 4.79 Å². The Morgan fingerprint density at radius 1 is 1.17 bits per heavy atom. The number of likely N-dealkylation sites (tertiary alicyclic amines) is 1. The molecule has 1 fully saturated rings. The highest BCUT2D eigenvalue weighted by molar-refractivity contribution is 5.74. The van der Waals surface area contributed by atoms with Gasteiger partial charge < -0.3 is 21.1 Å². The number of nitrogens with one attached hydrogen (secondary N) is 1. The Bertz CT molecular complexity index is 261. The molecule has 1 atom stereocenters. The molecule has 106 valence electrons. The number of nitrogens with zero attached hydrogens (tertiary/aromatic N) is 1. The number of carbonyl (C=O) groups excluding carboxylic acids is 1. The SMILES string of the molecule is CC(C)NC(=O)N1CCCCC1.C[C@H](N)C(=O)O. The lowest BCUT2D eigenvalue weighted by Crippen LogP contribution is -2.45. The maximum Gasteiger partial charge on any atom is 0.320 e. The van der Waals surface area contributed by atoms with Crippen LogP contribution in [0.15, 0.2) is 0 Å². The van der Waals surface area contributed by atoms with Gasteiger partial charge in [0, 0.05) is 19.1 Å². The number of hydrogen-bond donors (Lipinski definition) is 3. The standard InChI is InChI=1S/C9H18N2O.C3H7NO2/c1-8(2)10-9(12)11-6-4-3-5-7-11;1-2(4)3(5)6/h8H,3-7H2,1-2H3,(H,10,12);2H,4H2,1H3,(H,5,6)/t;2-/m.0/s1. The van der Waals surface area contributed by atoms with Crippen molar-refractivity contribution in [3.05, 3.63) is 0 Å². The number of amides is 2. The van der Waals surface area contributed by atoms with Crippen LogP contribution in [-0.2, 0) is 4.79 Å². The summed E-state index contributed by atoms with van der Waals surface area (Å²) < 4.78 is 0. The predicted octanol–water partition coefficient (Wildman–Crippen LogP) is 1.01. The molecule has 0 aromatic heterocycles. The summed E-state index contributed by atoms with van der Waals surface area (Å²) in [4.78, 5) is 22.9. The molecule has 1 aliphatic rings. The molecule has 1 saturated heterocycles. The Balaban J connectivity index is 0.000000411. The van der Waals surface area contributed by atoms with Gasteiger partial charge in [0.1, 0.15) is 6.04 Å². The number of carboxylic acids is 1. The van der Waals surface area contributed by atoms with Crippen molar-refractivity contribution in [2.24, 2.45) is 5.73 Å². The van der Waals surface area contributed by atoms with E-state index in [1.807, 2.05) is 18.7 Å². The van der Waals surface area contributed by atoms with E-state index in [-0.39, 0.29) is 12.1 Å². The van der Waals surface area contributed by atoms with Crippen molar-refractivity contribution in [3.8, 4) is 0 Å². The lowest BCUT2D eigenvalue weighted by molar-refractivity contribution is -0.138. The fourth-order valence-corrected chi connectivity index (χ4v) is 1.44. The molecule has 4 N–H and O–H groups in total. The van der Waals surface area contributed by atoms with Crippen LogP contribution in [0.5, 0.6) is 0 Å². The highest BCUT2D eigenvalue weighted by atomic mass is 16.4. The van der Waals surface area contributed by atoms with Gasteiger partial charge in [0.25, 0.3) is 0 Å². The zero-order valence-corrected chi connectivity index (χ0v) is 11.5. The maximum absolute atomic E-state index is 11.4. The predicted molar refractivity (Wildman–Crippen MR) is 70.4 cm³/mol. The van der Waals surface area contributed by atoms with Crippen molar-refractivity contribution in [2.45, 2.75) is 52.1 Å². The minimum Gasteiger partial charge on any atom is -0.480 e. The third-order valence-corrected chi connectivity index (χ3v) is 2.44. The number of aliphatic carboxylic acids is 1. The van der Waals surface area contributed by atoms with Crippen LogP contribution in [-0.4, -0.2) is 47.2 Å². The van der Waals surface area contributed by atoms with E-state index in [0.717, 1.165) is 25.9 Å². The lowest BCUT2D eigenvalue weighted by Gasteiger charge is -2.27. The van der Waals surface area contributed by atoms with E-state index in [4.69, 9.17) is 10.8 Å². The van der Waals surface area contributed by atoms with Gasteiger partial charge in [-0.25, -0.2) is 4.79 Å². The third kappa shape index (κ3) is 7.89. The van der Waals surface area contributed by atoms with Crippen LogP contribution >= 0.6 is 0 Å². The highest BCUT2D eigenvalue weighted by Gasteiger charge is 2.16. The number of carboxylic acid groups (broad SMARTS) is 1. The van der Waals surface area contributed by atoms with E-state index in [9.17, 15) is 9.59 Å². The summed E-state index contributed by atoms with van der Waals surface area (Å²) in [5.41, 5.74) is 4.84. The number of carbonyl (C=O) groups is 2. The summed E-state index contributed by atoms with van der Waals surface area (Å²) in [6.45, 7) is 7.25. The minimum absolute atomic E-state index is 0.102. The van der Waals surface area contributed by atoms with Crippen LogP contribution in [0.4, 0.5) is 4.79 Å². The molecule has 0 spiro atoms. The third-order valence-electron chi connectivity index (χ3n) is 2.44. The van der Waals surface area contributed by atoms with Crippen LogP contribution in [0.2, 0.25) is 0 Å². The number of piperidine rings is 1. The molecule has 0 radical (unpaired) electrons. The number of rotatable bonds is 2. The molecule has 6 heteroatoms. The monoisotopic (exact) mass is 259 g/mol. The normalized spacial score (nSPS) is 16.6. The Morgan fingerprint density at radius 2 is 1.61 bits per heavy atom. The number of urea groups is 1. The van der Waals surface area contributed by atoms with Gasteiger partial charge in [0.15, 0.2) is 0 Å². The first kappa shape index (κ1) is 16.7. The van der Waals surface area contributed by atoms with Crippen molar-refractivity contribution < 1.29 is 14.7 Å². The first-order valence-electron chi connectivity index (χ1n) is 6.38. The fraction of sp³-hybridized carbons (Fsp3) is 0.833. The average molecular weight is 259 g/mol. The molecule has 18 heavy (non-hydrogen) atoms. The van der Waals surface area contributed by atoms with Crippen LogP contribution in [0, 0.1) is 0 Å². The summed E-state index contributed by atoms with van der Waals surface area (Å²) in [5.74, 6) is -0.963. The van der Waals surface area contributed by atoms with Crippen molar-refractivity contribution in [2.75, 3.05) is 13.1 Å². The van der Waals surface area contributed by atoms with Gasteiger partial charge in [0.05, 0.1) is 0 Å². The average Bonchev–Trinajstić information content (AvgIpc) is 2.30. The van der Waals surface area contributed by atoms with Crippen LogP contribution in [0.25, 0.3) is 0 Å². The number of hydrogen-bond acceptors (Lipinski definition) is 3. The summed E-state index contributed by atoms with van der Waals surface area (Å²) in [5, 5.41) is 10.8. The van der Waals surface area contributed by atoms with Crippen molar-refractivity contribution in [3.63, 3.8) is 0 Å². The van der Waals surface area contributed by atoms with E-state index >= 15 is 0 Å². The molecule has 0 saturated carbocycles. The van der Waals surface area contributed by atoms with Gasteiger partial charge in [-0.05, 0) is 40.0 Å². The molecule has 1 aliphatic heterocycles. The zero-order chi connectivity index (χ0) is 14.1. The lowest BCUT2D eigenvalue weighted by atomic mass is 10.1. The smallest absolute Gasteiger partial charge is 0.320 e. The quantitative estimate of drug-likeness (QED) is 0.689. The van der Waals surface area contributed by atoms with Gasteiger partial charge in [-0.2, -0.15) is 0 Å². The molecular formula is C12H25N3O3.